The Morgan fingerprint density at radius 2 is 1.04 bits per heavy atom. The average Bonchev–Trinajstić information content (AvgIpc) is 2.50. The maximum Gasteiger partial charge on any atom is 2.00 e. The molecule has 0 rings (SSSR count). The van der Waals surface area contributed by atoms with E-state index in [-0.39, 0.29) is 36.7 Å². The number of rotatable bonds is 10. The van der Waals surface area contributed by atoms with E-state index in [0.717, 1.165) is 25.7 Å². The van der Waals surface area contributed by atoms with Crippen LogP contribution in [0.1, 0.15) is 79.1 Å². The predicted molar refractivity (Wildman–Crippen MR) is 85.3 cm³/mol. The van der Waals surface area contributed by atoms with Gasteiger partial charge in [0.1, 0.15) is 11.2 Å². The molecule has 0 aliphatic heterocycles. The number of carbonyl (C=O) groups is 2. The quantitative estimate of drug-likeness (QED) is 0.455. The predicted octanol–water partition coefficient (Wildman–Crippen LogP) is -0.246. The molecule has 7 heteroatoms. The van der Waals surface area contributed by atoms with Crippen molar-refractivity contribution in [1.82, 2.24) is 0 Å². The van der Waals surface area contributed by atoms with Gasteiger partial charge in [0.2, 0.25) is 0 Å². The maximum atomic E-state index is 10.4. The second-order valence-corrected chi connectivity index (χ2v) is 5.55. The summed E-state index contributed by atoms with van der Waals surface area (Å²) in [6.45, 7) is 7.19. The molecular formula is C16H30O6Sn. The van der Waals surface area contributed by atoms with Gasteiger partial charge in [-0.15, -0.1) is 0 Å². The standard InChI is InChI=1S/2C8H16O3.Sn/c2*1-3-5-6-8(11,4-2)7(9)10;/h2*11H,3-6H2,1-2H3,(H,9,10);/q;;+2/p-2. The first-order valence-electron chi connectivity index (χ1n) is 8.01. The van der Waals surface area contributed by atoms with E-state index < -0.39 is 23.1 Å². The molecule has 0 aliphatic rings. The van der Waals surface area contributed by atoms with Gasteiger partial charge in [0.15, 0.2) is 0 Å². The molecule has 0 spiro atoms. The Kier molecular flexibility index (Phi) is 16.8. The summed E-state index contributed by atoms with van der Waals surface area (Å²) in [5.41, 5.74) is -3.20. The van der Waals surface area contributed by atoms with Crippen LogP contribution < -0.4 is 10.2 Å². The largest absolute Gasteiger partial charge is 2.00 e. The Balaban J connectivity index is -0.000000333. The molecule has 0 aromatic carbocycles. The Morgan fingerprint density at radius 1 is 0.783 bits per heavy atom. The molecule has 0 aliphatic carbocycles. The molecule has 134 valence electrons. The van der Waals surface area contributed by atoms with E-state index in [9.17, 15) is 30.0 Å². The molecule has 6 nitrogen and oxygen atoms in total. The van der Waals surface area contributed by atoms with Crippen LogP contribution in [0.5, 0.6) is 0 Å². The molecule has 0 fully saturated rings. The summed E-state index contributed by atoms with van der Waals surface area (Å²) >= 11 is 0. The smallest absolute Gasteiger partial charge is 0.547 e. The number of hydrogen-bond acceptors (Lipinski definition) is 6. The monoisotopic (exact) mass is 438 g/mol. The van der Waals surface area contributed by atoms with Crippen LogP contribution in [0.15, 0.2) is 0 Å². The van der Waals surface area contributed by atoms with Crippen molar-refractivity contribution in [3.8, 4) is 0 Å². The first-order chi connectivity index (χ1) is 10.1. The number of carboxylic acid groups (broad SMARTS) is 2. The van der Waals surface area contributed by atoms with Crippen molar-refractivity contribution in [1.29, 1.82) is 0 Å². The zero-order valence-electron chi connectivity index (χ0n) is 14.7. The third-order valence-corrected chi connectivity index (χ3v) is 3.82. The van der Waals surface area contributed by atoms with E-state index in [1.165, 1.54) is 0 Å². The number of aliphatic carboxylic acids is 2. The molecule has 0 aromatic heterocycles. The summed E-state index contributed by atoms with van der Waals surface area (Å²) in [5.74, 6) is -2.71. The SMILES string of the molecule is CCCCC(O)(CC)C(=O)[O-].CCCCC(O)(CC)C(=O)[O-].[Sn+2]. The summed E-state index contributed by atoms with van der Waals surface area (Å²) in [6.07, 6.45) is 4.23. The molecule has 0 aromatic rings. The minimum absolute atomic E-state index is 0. The van der Waals surface area contributed by atoms with Gasteiger partial charge >= 0.3 is 23.9 Å². The summed E-state index contributed by atoms with van der Waals surface area (Å²) in [6, 6.07) is 0. The van der Waals surface area contributed by atoms with Gasteiger partial charge in [0.05, 0.1) is 11.9 Å². The van der Waals surface area contributed by atoms with Crippen LogP contribution in [0.4, 0.5) is 0 Å². The van der Waals surface area contributed by atoms with Crippen molar-refractivity contribution >= 4 is 35.8 Å². The molecular weight excluding hydrogens is 407 g/mol. The van der Waals surface area contributed by atoms with Crippen molar-refractivity contribution in [3.05, 3.63) is 0 Å². The van der Waals surface area contributed by atoms with E-state index in [1.54, 1.807) is 13.8 Å². The summed E-state index contributed by atoms with van der Waals surface area (Å²) < 4.78 is 0. The van der Waals surface area contributed by atoms with E-state index in [1.807, 2.05) is 13.8 Å². The van der Waals surface area contributed by atoms with Crippen molar-refractivity contribution in [3.63, 3.8) is 0 Å². The summed E-state index contributed by atoms with van der Waals surface area (Å²) in [7, 11) is 0. The fourth-order valence-electron chi connectivity index (χ4n) is 1.78. The Morgan fingerprint density at radius 3 is 1.17 bits per heavy atom. The molecule has 2 N–H and O–H groups in total. The second kappa shape index (κ2) is 14.0. The van der Waals surface area contributed by atoms with Crippen LogP contribution in [0.2, 0.25) is 0 Å². The molecule has 0 amide bonds. The average molecular weight is 437 g/mol. The number of hydrogen-bond donors (Lipinski definition) is 2. The molecule has 23 heavy (non-hydrogen) atoms. The minimum Gasteiger partial charge on any atom is -0.547 e. The molecule has 2 radical (unpaired) electrons. The minimum atomic E-state index is -1.60. The third kappa shape index (κ3) is 10.9. The zero-order valence-corrected chi connectivity index (χ0v) is 17.5. The maximum absolute atomic E-state index is 10.4. The van der Waals surface area contributed by atoms with Crippen molar-refractivity contribution < 1.29 is 30.0 Å². The molecule has 0 heterocycles. The van der Waals surface area contributed by atoms with Crippen LogP contribution in [-0.2, 0) is 9.59 Å². The van der Waals surface area contributed by atoms with Gasteiger partial charge < -0.3 is 30.0 Å². The van der Waals surface area contributed by atoms with Crippen molar-refractivity contribution in [2.75, 3.05) is 0 Å². The first-order valence-corrected chi connectivity index (χ1v) is 8.01. The van der Waals surface area contributed by atoms with Gasteiger partial charge in [-0.3, -0.25) is 0 Å². The Bertz CT molecular complexity index is 305. The van der Waals surface area contributed by atoms with Gasteiger partial charge in [-0.25, -0.2) is 0 Å². The number of unbranched alkanes of at least 4 members (excludes halogenated alkanes) is 2. The molecule has 2 unspecified atom stereocenters. The zero-order chi connectivity index (χ0) is 17.8. The summed E-state index contributed by atoms with van der Waals surface area (Å²) in [5, 5.41) is 39.5. The van der Waals surface area contributed by atoms with Crippen LogP contribution in [0.3, 0.4) is 0 Å². The van der Waals surface area contributed by atoms with Gasteiger partial charge in [0.25, 0.3) is 0 Å². The van der Waals surface area contributed by atoms with Crippen LogP contribution >= 0.6 is 0 Å². The fourth-order valence-corrected chi connectivity index (χ4v) is 1.78. The van der Waals surface area contributed by atoms with Crippen molar-refractivity contribution in [2.45, 2.75) is 90.3 Å². The normalized spacial score (nSPS) is 15.2. The van der Waals surface area contributed by atoms with E-state index in [4.69, 9.17) is 0 Å². The molecule has 0 saturated heterocycles. The van der Waals surface area contributed by atoms with Crippen LogP contribution in [0, 0.1) is 0 Å². The Labute approximate surface area is 156 Å². The summed E-state index contributed by atoms with van der Waals surface area (Å²) in [4.78, 5) is 20.8. The molecule has 2 atom stereocenters. The second-order valence-electron chi connectivity index (χ2n) is 5.55. The van der Waals surface area contributed by atoms with E-state index in [0.29, 0.717) is 12.8 Å². The van der Waals surface area contributed by atoms with Gasteiger partial charge in [0, 0.05) is 0 Å². The molecule has 0 bridgehead atoms. The Hall–Kier alpha value is -0.341. The first kappa shape index (κ1) is 27.5. The fraction of sp³-hybridized carbons (Fsp3) is 0.875. The number of carboxylic acids is 2. The molecule has 0 saturated carbocycles. The van der Waals surface area contributed by atoms with Gasteiger partial charge in [-0.2, -0.15) is 0 Å². The van der Waals surface area contributed by atoms with Crippen molar-refractivity contribution in [2.24, 2.45) is 0 Å². The number of aliphatic hydroxyl groups is 2. The van der Waals surface area contributed by atoms with Gasteiger partial charge in [-0.05, 0) is 25.7 Å². The van der Waals surface area contributed by atoms with E-state index in [2.05, 4.69) is 0 Å². The van der Waals surface area contributed by atoms with E-state index >= 15 is 0 Å². The van der Waals surface area contributed by atoms with Gasteiger partial charge in [-0.1, -0.05) is 53.4 Å². The topological polar surface area (TPSA) is 121 Å². The van der Waals surface area contributed by atoms with Crippen LogP contribution in [-0.4, -0.2) is 57.3 Å². The van der Waals surface area contributed by atoms with Crippen LogP contribution in [0.25, 0.3) is 0 Å². The number of carbonyl (C=O) groups excluding carboxylic acids is 2. The third-order valence-electron chi connectivity index (χ3n) is 3.82.